The quantitative estimate of drug-likeness (QED) is 0.760. The molecule has 2 N–H and O–H groups in total. The summed E-state index contributed by atoms with van der Waals surface area (Å²) in [5, 5.41) is 12.4. The maximum atomic E-state index is 12.5. The molecule has 0 heterocycles. The highest BCUT2D eigenvalue weighted by Gasteiger charge is 2.25. The van der Waals surface area contributed by atoms with Crippen LogP contribution in [0.1, 0.15) is 63.5 Å². The van der Waals surface area contributed by atoms with Crippen molar-refractivity contribution in [2.75, 3.05) is 6.61 Å². The molecule has 4 atom stereocenters. The minimum absolute atomic E-state index is 0.0399. The summed E-state index contributed by atoms with van der Waals surface area (Å²) in [5.74, 6) is 0.482. The first-order valence-electron chi connectivity index (χ1n) is 9.49. The summed E-state index contributed by atoms with van der Waals surface area (Å²) in [6.07, 6.45) is 4.45. The van der Waals surface area contributed by atoms with Gasteiger partial charge in [0.15, 0.2) is 0 Å². The molecule has 1 aliphatic carbocycles. The molecule has 1 aromatic rings. The molecule has 4 heteroatoms. The third-order valence-corrected chi connectivity index (χ3v) is 5.64. The zero-order valence-electron chi connectivity index (χ0n) is 15.6. The molecule has 2 rings (SSSR count). The van der Waals surface area contributed by atoms with Gasteiger partial charge in [0.25, 0.3) is 0 Å². The van der Waals surface area contributed by atoms with Crippen LogP contribution in [0.4, 0.5) is 0 Å². The number of rotatable bonds is 8. The van der Waals surface area contributed by atoms with Gasteiger partial charge in [-0.25, -0.2) is 0 Å². The van der Waals surface area contributed by atoms with Crippen LogP contribution in [0.3, 0.4) is 0 Å². The fourth-order valence-corrected chi connectivity index (χ4v) is 3.44. The van der Waals surface area contributed by atoms with Gasteiger partial charge in [-0.05, 0) is 43.2 Å². The van der Waals surface area contributed by atoms with Crippen molar-refractivity contribution in [3.8, 4) is 0 Å². The van der Waals surface area contributed by atoms with Crippen LogP contribution in [0.25, 0.3) is 0 Å². The van der Waals surface area contributed by atoms with Gasteiger partial charge in [-0.15, -0.1) is 0 Å². The third kappa shape index (κ3) is 5.15. The van der Waals surface area contributed by atoms with Crippen molar-refractivity contribution in [2.45, 2.75) is 64.8 Å². The van der Waals surface area contributed by atoms with E-state index < -0.39 is 0 Å². The second kappa shape index (κ2) is 9.14. The Morgan fingerprint density at radius 1 is 1.28 bits per heavy atom. The number of hydrogen-bond donors (Lipinski definition) is 2. The van der Waals surface area contributed by atoms with E-state index in [1.54, 1.807) is 0 Å². The molecule has 1 amide bonds. The number of carbonyl (C=O) groups excluding carboxylic acids is 2. The van der Waals surface area contributed by atoms with Crippen LogP contribution in [0, 0.1) is 11.8 Å². The molecular formula is C21H31NO3. The van der Waals surface area contributed by atoms with Gasteiger partial charge >= 0.3 is 0 Å². The first kappa shape index (κ1) is 19.6. The molecule has 1 aliphatic rings. The molecule has 0 bridgehead atoms. The van der Waals surface area contributed by atoms with Crippen LogP contribution in [0.5, 0.6) is 0 Å². The van der Waals surface area contributed by atoms with Crippen molar-refractivity contribution in [1.29, 1.82) is 0 Å². The molecule has 138 valence electrons. The second-order valence-corrected chi connectivity index (χ2v) is 7.41. The number of benzene rings is 1. The van der Waals surface area contributed by atoms with E-state index in [-0.39, 0.29) is 36.3 Å². The minimum atomic E-state index is -0.264. The Labute approximate surface area is 151 Å². The van der Waals surface area contributed by atoms with E-state index in [9.17, 15) is 14.7 Å². The number of ketones is 1. The monoisotopic (exact) mass is 345 g/mol. The lowest BCUT2D eigenvalue weighted by molar-refractivity contribution is -0.123. The molecule has 0 aliphatic heterocycles. The number of hydrogen-bond acceptors (Lipinski definition) is 3. The van der Waals surface area contributed by atoms with Crippen LogP contribution in [0.15, 0.2) is 24.3 Å². The molecule has 0 radical (unpaired) electrons. The van der Waals surface area contributed by atoms with Crippen molar-refractivity contribution >= 4 is 11.7 Å². The molecule has 4 nitrogen and oxygen atoms in total. The molecule has 0 spiro atoms. The van der Waals surface area contributed by atoms with Crippen LogP contribution >= 0.6 is 0 Å². The lowest BCUT2D eigenvalue weighted by Gasteiger charge is -2.24. The summed E-state index contributed by atoms with van der Waals surface area (Å²) in [4.78, 5) is 24.3. The molecular weight excluding hydrogens is 314 g/mol. The van der Waals surface area contributed by atoms with Gasteiger partial charge in [-0.1, -0.05) is 44.5 Å². The van der Waals surface area contributed by atoms with Crippen molar-refractivity contribution < 1.29 is 14.7 Å². The minimum Gasteiger partial charge on any atom is -0.394 e. The summed E-state index contributed by atoms with van der Waals surface area (Å²) < 4.78 is 0. The summed E-state index contributed by atoms with van der Waals surface area (Å²) >= 11 is 0. The standard InChI is InChI=1S/C21H31NO3/c1-4-14(2)19(13-23)22-21(25)15(3)17-10-8-16(9-11-17)12-18-6-5-7-20(18)24/h8-11,14-15,18-19,23H,4-7,12-13H2,1-3H3,(H,22,25)/t14-,15-,18+,19-/m0/s1. The molecule has 1 saturated carbocycles. The predicted octanol–water partition coefficient (Wildman–Crippen LogP) is 3.23. The Morgan fingerprint density at radius 3 is 2.48 bits per heavy atom. The van der Waals surface area contributed by atoms with Crippen molar-refractivity contribution in [3.63, 3.8) is 0 Å². The molecule has 0 saturated heterocycles. The number of Topliss-reactive ketones (excluding diaryl/α,β-unsaturated/α-hetero) is 1. The van der Waals surface area contributed by atoms with E-state index in [1.165, 1.54) is 0 Å². The fraction of sp³-hybridized carbons (Fsp3) is 0.619. The Morgan fingerprint density at radius 2 is 1.96 bits per heavy atom. The zero-order valence-corrected chi connectivity index (χ0v) is 15.6. The summed E-state index contributed by atoms with van der Waals surface area (Å²) in [7, 11) is 0. The number of carbonyl (C=O) groups is 2. The molecule has 1 fully saturated rings. The number of aliphatic hydroxyl groups is 1. The van der Waals surface area contributed by atoms with Gasteiger partial charge in [-0.3, -0.25) is 9.59 Å². The normalized spacial score (nSPS) is 21.0. The van der Waals surface area contributed by atoms with Crippen LogP contribution in [-0.4, -0.2) is 29.4 Å². The second-order valence-electron chi connectivity index (χ2n) is 7.41. The molecule has 1 aromatic carbocycles. The van der Waals surface area contributed by atoms with Crippen molar-refractivity contribution in [2.24, 2.45) is 11.8 Å². The average Bonchev–Trinajstić information content (AvgIpc) is 3.03. The smallest absolute Gasteiger partial charge is 0.227 e. The highest BCUT2D eigenvalue weighted by molar-refractivity contribution is 5.84. The maximum Gasteiger partial charge on any atom is 0.227 e. The van der Waals surface area contributed by atoms with Gasteiger partial charge in [0.1, 0.15) is 5.78 Å². The number of aliphatic hydroxyl groups excluding tert-OH is 1. The Kier molecular flexibility index (Phi) is 7.18. The average molecular weight is 345 g/mol. The van der Waals surface area contributed by atoms with Gasteiger partial charge in [0.2, 0.25) is 5.91 Å². The summed E-state index contributed by atoms with van der Waals surface area (Å²) in [6, 6.07) is 7.82. The van der Waals surface area contributed by atoms with E-state index in [0.29, 0.717) is 5.78 Å². The van der Waals surface area contributed by atoms with Gasteiger partial charge < -0.3 is 10.4 Å². The molecule has 0 aromatic heterocycles. The Balaban J connectivity index is 1.95. The summed E-state index contributed by atoms with van der Waals surface area (Å²) in [5.41, 5.74) is 2.12. The van der Waals surface area contributed by atoms with Crippen molar-refractivity contribution in [1.82, 2.24) is 5.32 Å². The Bertz CT molecular complexity index is 581. The van der Waals surface area contributed by atoms with Crippen LogP contribution in [-0.2, 0) is 16.0 Å². The Hall–Kier alpha value is -1.68. The SMILES string of the molecule is CC[C@H](C)[C@H](CO)NC(=O)[C@@H](C)c1ccc(C[C@H]2CCCC2=O)cc1. The van der Waals surface area contributed by atoms with E-state index in [4.69, 9.17) is 0 Å². The van der Waals surface area contributed by atoms with Gasteiger partial charge in [-0.2, -0.15) is 0 Å². The number of nitrogens with one attached hydrogen (secondary N) is 1. The highest BCUT2D eigenvalue weighted by Crippen LogP contribution is 2.26. The van der Waals surface area contributed by atoms with Crippen molar-refractivity contribution in [3.05, 3.63) is 35.4 Å². The first-order valence-corrected chi connectivity index (χ1v) is 9.49. The third-order valence-electron chi connectivity index (χ3n) is 5.64. The maximum absolute atomic E-state index is 12.5. The largest absolute Gasteiger partial charge is 0.394 e. The first-order chi connectivity index (χ1) is 12.0. The van der Waals surface area contributed by atoms with E-state index >= 15 is 0 Å². The lowest BCUT2D eigenvalue weighted by Crippen LogP contribution is -2.43. The van der Waals surface area contributed by atoms with Gasteiger partial charge in [0.05, 0.1) is 18.6 Å². The number of amides is 1. The van der Waals surface area contributed by atoms with E-state index in [1.807, 2.05) is 38.1 Å². The molecule has 25 heavy (non-hydrogen) atoms. The van der Waals surface area contributed by atoms with E-state index in [2.05, 4.69) is 12.2 Å². The summed E-state index contributed by atoms with van der Waals surface area (Å²) in [6.45, 7) is 5.93. The topological polar surface area (TPSA) is 66.4 Å². The lowest BCUT2D eigenvalue weighted by atomic mass is 9.93. The van der Waals surface area contributed by atoms with Crippen LogP contribution in [0.2, 0.25) is 0 Å². The van der Waals surface area contributed by atoms with E-state index in [0.717, 1.165) is 43.2 Å². The zero-order chi connectivity index (χ0) is 18.4. The molecule has 0 unspecified atom stereocenters. The fourth-order valence-electron chi connectivity index (χ4n) is 3.44. The van der Waals surface area contributed by atoms with Gasteiger partial charge in [0, 0.05) is 12.3 Å². The predicted molar refractivity (Wildman–Crippen MR) is 99.4 cm³/mol. The highest BCUT2D eigenvalue weighted by atomic mass is 16.3. The van der Waals surface area contributed by atoms with Crippen LogP contribution < -0.4 is 5.32 Å².